The molecule has 0 fully saturated rings. The van der Waals surface area contributed by atoms with E-state index < -0.39 is 0 Å². The van der Waals surface area contributed by atoms with Crippen LogP contribution in [0, 0.1) is 0 Å². The predicted octanol–water partition coefficient (Wildman–Crippen LogP) is 3.20. The van der Waals surface area contributed by atoms with Crippen LogP contribution in [0.15, 0.2) is 18.2 Å². The Balaban J connectivity index is 3.29. The Morgan fingerprint density at radius 1 is 1.11 bits per heavy atom. The molecule has 3 nitrogen and oxygen atoms in total. The molecule has 0 saturated carbocycles. The number of hydrogen-bond donors (Lipinski definition) is 0. The first-order valence-corrected chi connectivity index (χ1v) is 6.19. The maximum Gasteiger partial charge on any atom is 0.139 e. The molecule has 0 heterocycles. The van der Waals surface area contributed by atoms with Crippen molar-refractivity contribution in [3.05, 3.63) is 29.3 Å². The predicted molar refractivity (Wildman–Crippen MR) is 75.1 cm³/mol. The molecule has 1 aromatic rings. The number of benzene rings is 1. The van der Waals surface area contributed by atoms with E-state index in [2.05, 4.69) is 32.9 Å². The van der Waals surface area contributed by atoms with Crippen LogP contribution < -0.4 is 4.74 Å². The summed E-state index contributed by atoms with van der Waals surface area (Å²) in [5, 5.41) is 0. The summed E-state index contributed by atoms with van der Waals surface area (Å²) in [5.74, 6) is 0.864. The molecule has 0 radical (unpaired) electrons. The highest BCUT2D eigenvalue weighted by Crippen LogP contribution is 2.33. The van der Waals surface area contributed by atoms with Gasteiger partial charge in [-0.3, -0.25) is 4.90 Å². The number of rotatable bonds is 4. The largest absolute Gasteiger partial charge is 0.496 e. The van der Waals surface area contributed by atoms with E-state index in [0.29, 0.717) is 0 Å². The van der Waals surface area contributed by atoms with Crippen molar-refractivity contribution in [2.75, 3.05) is 28.3 Å². The summed E-state index contributed by atoms with van der Waals surface area (Å²) in [5.41, 5.74) is 2.46. The Hall–Kier alpha value is -1.06. The molecule has 0 bridgehead atoms. The molecule has 0 aliphatic rings. The molecular weight excluding hydrogens is 226 g/mol. The third kappa shape index (κ3) is 3.24. The van der Waals surface area contributed by atoms with Crippen LogP contribution in [-0.4, -0.2) is 33.2 Å². The zero-order chi connectivity index (χ0) is 13.9. The first-order valence-electron chi connectivity index (χ1n) is 6.19. The summed E-state index contributed by atoms with van der Waals surface area (Å²) >= 11 is 0. The van der Waals surface area contributed by atoms with Gasteiger partial charge in [0, 0.05) is 12.7 Å². The average Bonchev–Trinajstić information content (AvgIpc) is 2.28. The van der Waals surface area contributed by atoms with Gasteiger partial charge in [-0.1, -0.05) is 26.8 Å². The molecule has 102 valence electrons. The molecule has 0 N–H and O–H groups in total. The smallest absolute Gasteiger partial charge is 0.139 e. The quantitative estimate of drug-likeness (QED) is 0.767. The van der Waals surface area contributed by atoms with Gasteiger partial charge in [-0.05, 0) is 37.2 Å². The highest BCUT2D eigenvalue weighted by atomic mass is 16.5. The van der Waals surface area contributed by atoms with Crippen LogP contribution in [-0.2, 0) is 10.2 Å². The lowest BCUT2D eigenvalue weighted by molar-refractivity contribution is -0.00702. The molecule has 0 aliphatic heterocycles. The van der Waals surface area contributed by atoms with Crippen molar-refractivity contribution in [2.24, 2.45) is 0 Å². The Morgan fingerprint density at radius 2 is 1.72 bits per heavy atom. The van der Waals surface area contributed by atoms with Crippen molar-refractivity contribution in [1.29, 1.82) is 0 Å². The van der Waals surface area contributed by atoms with E-state index in [0.717, 1.165) is 11.3 Å². The molecule has 1 atom stereocenters. The lowest BCUT2D eigenvalue weighted by atomic mass is 9.86. The number of methoxy groups -OCH3 is 2. The van der Waals surface area contributed by atoms with Crippen molar-refractivity contribution in [2.45, 2.75) is 32.4 Å². The normalized spacial score (nSPS) is 13.8. The Kier molecular flexibility index (Phi) is 4.77. The van der Waals surface area contributed by atoms with E-state index in [9.17, 15) is 0 Å². The van der Waals surface area contributed by atoms with Crippen LogP contribution in [0.5, 0.6) is 5.75 Å². The molecule has 0 aromatic heterocycles. The molecular formula is C15H25NO2. The van der Waals surface area contributed by atoms with E-state index in [1.54, 1.807) is 14.2 Å². The standard InChI is InChI=1S/C15H25NO2/c1-15(2,3)11-8-9-13(17-6)12(10-11)14(18-7)16(4)5/h8-10,14H,1-7H3. The minimum atomic E-state index is -0.0951. The van der Waals surface area contributed by atoms with Gasteiger partial charge in [-0.25, -0.2) is 0 Å². The van der Waals surface area contributed by atoms with E-state index in [1.165, 1.54) is 5.56 Å². The zero-order valence-electron chi connectivity index (χ0n) is 12.6. The molecule has 0 saturated heterocycles. The van der Waals surface area contributed by atoms with Gasteiger partial charge in [0.15, 0.2) is 0 Å². The molecule has 18 heavy (non-hydrogen) atoms. The van der Waals surface area contributed by atoms with Crippen LogP contribution in [0.4, 0.5) is 0 Å². The van der Waals surface area contributed by atoms with Gasteiger partial charge in [0.1, 0.15) is 12.0 Å². The molecule has 0 spiro atoms. The summed E-state index contributed by atoms with van der Waals surface area (Å²) in [6.07, 6.45) is -0.0951. The first-order chi connectivity index (χ1) is 8.31. The number of ether oxygens (including phenoxy) is 2. The summed E-state index contributed by atoms with van der Waals surface area (Å²) in [6.45, 7) is 6.61. The Morgan fingerprint density at radius 3 is 2.11 bits per heavy atom. The SMILES string of the molecule is COc1ccc(C(C)(C)C)cc1C(OC)N(C)C. The van der Waals surface area contributed by atoms with Gasteiger partial charge < -0.3 is 9.47 Å². The molecule has 1 unspecified atom stereocenters. The van der Waals surface area contributed by atoms with E-state index in [-0.39, 0.29) is 11.6 Å². The van der Waals surface area contributed by atoms with Crippen LogP contribution in [0.1, 0.15) is 38.1 Å². The van der Waals surface area contributed by atoms with Crippen molar-refractivity contribution < 1.29 is 9.47 Å². The third-order valence-corrected chi connectivity index (χ3v) is 3.05. The van der Waals surface area contributed by atoms with Crippen molar-refractivity contribution in [3.8, 4) is 5.75 Å². The summed E-state index contributed by atoms with van der Waals surface area (Å²) < 4.78 is 11.0. The number of hydrogen-bond acceptors (Lipinski definition) is 3. The Bertz CT molecular complexity index is 394. The van der Waals surface area contributed by atoms with Crippen molar-refractivity contribution in [1.82, 2.24) is 4.90 Å². The van der Waals surface area contributed by atoms with Gasteiger partial charge in [-0.15, -0.1) is 0 Å². The van der Waals surface area contributed by atoms with Crippen molar-refractivity contribution >= 4 is 0 Å². The third-order valence-electron chi connectivity index (χ3n) is 3.05. The van der Waals surface area contributed by atoms with Crippen molar-refractivity contribution in [3.63, 3.8) is 0 Å². The second-order valence-electron chi connectivity index (χ2n) is 5.76. The maximum atomic E-state index is 5.55. The summed E-state index contributed by atoms with van der Waals surface area (Å²) in [6, 6.07) is 6.31. The molecule has 0 amide bonds. The van der Waals surface area contributed by atoms with Gasteiger partial charge in [-0.2, -0.15) is 0 Å². The monoisotopic (exact) mass is 251 g/mol. The minimum Gasteiger partial charge on any atom is -0.496 e. The van der Waals surface area contributed by atoms with Crippen LogP contribution in [0.2, 0.25) is 0 Å². The maximum absolute atomic E-state index is 5.55. The topological polar surface area (TPSA) is 21.7 Å². The first kappa shape index (κ1) is 15.0. The van der Waals surface area contributed by atoms with Gasteiger partial charge in [0.2, 0.25) is 0 Å². The number of nitrogens with zero attached hydrogens (tertiary/aromatic N) is 1. The van der Waals surface area contributed by atoms with E-state index >= 15 is 0 Å². The molecule has 1 rings (SSSR count). The Labute approximate surface area is 111 Å². The fourth-order valence-corrected chi connectivity index (χ4v) is 2.01. The van der Waals surface area contributed by atoms with Crippen LogP contribution in [0.25, 0.3) is 0 Å². The molecule has 3 heteroatoms. The molecule has 0 aliphatic carbocycles. The van der Waals surface area contributed by atoms with Crippen LogP contribution >= 0.6 is 0 Å². The fourth-order valence-electron chi connectivity index (χ4n) is 2.01. The highest BCUT2D eigenvalue weighted by Gasteiger charge is 2.21. The van der Waals surface area contributed by atoms with E-state index in [4.69, 9.17) is 9.47 Å². The summed E-state index contributed by atoms with van der Waals surface area (Å²) in [4.78, 5) is 2.03. The lowest BCUT2D eigenvalue weighted by Crippen LogP contribution is -2.23. The summed E-state index contributed by atoms with van der Waals surface area (Å²) in [7, 11) is 7.40. The van der Waals surface area contributed by atoms with Gasteiger partial charge in [0.05, 0.1) is 7.11 Å². The second-order valence-corrected chi connectivity index (χ2v) is 5.76. The fraction of sp³-hybridized carbons (Fsp3) is 0.600. The zero-order valence-corrected chi connectivity index (χ0v) is 12.6. The highest BCUT2D eigenvalue weighted by molar-refractivity contribution is 5.41. The van der Waals surface area contributed by atoms with Gasteiger partial charge in [0.25, 0.3) is 0 Å². The second kappa shape index (κ2) is 5.72. The average molecular weight is 251 g/mol. The van der Waals surface area contributed by atoms with Gasteiger partial charge >= 0.3 is 0 Å². The lowest BCUT2D eigenvalue weighted by Gasteiger charge is -2.27. The van der Waals surface area contributed by atoms with Crippen LogP contribution in [0.3, 0.4) is 0 Å². The van der Waals surface area contributed by atoms with E-state index in [1.807, 2.05) is 25.1 Å². The minimum absolute atomic E-state index is 0.0951. The molecule has 1 aromatic carbocycles.